The smallest absolute Gasteiger partial charge is 0.247 e. The fourth-order valence-electron chi connectivity index (χ4n) is 2.95. The summed E-state index contributed by atoms with van der Waals surface area (Å²) in [5.74, 6) is -0.361. The second kappa shape index (κ2) is 8.47. The largest absolute Gasteiger partial charge is 0.324 e. The molecular formula is C20H26N2O3S. The predicted molar refractivity (Wildman–Crippen MR) is 106 cm³/mol. The van der Waals surface area contributed by atoms with Gasteiger partial charge in [-0.1, -0.05) is 62.4 Å². The molecule has 1 amide bonds. The zero-order valence-electron chi connectivity index (χ0n) is 15.7. The van der Waals surface area contributed by atoms with Crippen molar-refractivity contribution in [1.82, 2.24) is 4.31 Å². The van der Waals surface area contributed by atoms with Crippen LogP contribution in [-0.4, -0.2) is 31.9 Å². The second-order valence-corrected chi connectivity index (χ2v) is 8.28. The number of nitrogens with one attached hydrogen (secondary N) is 1. The van der Waals surface area contributed by atoms with Crippen LogP contribution in [0, 0.1) is 0 Å². The van der Waals surface area contributed by atoms with E-state index >= 15 is 0 Å². The van der Waals surface area contributed by atoms with Crippen LogP contribution in [-0.2, 0) is 27.7 Å². The van der Waals surface area contributed by atoms with Gasteiger partial charge in [0, 0.05) is 12.7 Å². The molecule has 0 aromatic heterocycles. The van der Waals surface area contributed by atoms with Gasteiger partial charge in [0.15, 0.2) is 0 Å². The summed E-state index contributed by atoms with van der Waals surface area (Å²) in [6.45, 7) is 4.06. The van der Waals surface area contributed by atoms with E-state index in [1.165, 1.54) is 7.05 Å². The third-order valence-electron chi connectivity index (χ3n) is 4.50. The minimum atomic E-state index is -3.55. The van der Waals surface area contributed by atoms with Gasteiger partial charge in [0.25, 0.3) is 0 Å². The maximum atomic E-state index is 13.1. The van der Waals surface area contributed by atoms with Crippen LogP contribution in [0.5, 0.6) is 0 Å². The molecule has 1 atom stereocenters. The summed E-state index contributed by atoms with van der Waals surface area (Å²) < 4.78 is 25.3. The molecule has 0 aliphatic carbocycles. The van der Waals surface area contributed by atoms with Gasteiger partial charge in [-0.3, -0.25) is 4.79 Å². The first kappa shape index (κ1) is 20.1. The zero-order valence-corrected chi connectivity index (χ0v) is 16.5. The fraction of sp³-hybridized carbons (Fsp3) is 0.350. The van der Waals surface area contributed by atoms with Crippen LogP contribution in [0.4, 0.5) is 5.69 Å². The van der Waals surface area contributed by atoms with Crippen LogP contribution in [0.3, 0.4) is 0 Å². The van der Waals surface area contributed by atoms with Crippen molar-refractivity contribution >= 4 is 21.6 Å². The van der Waals surface area contributed by atoms with Crippen molar-refractivity contribution in [3.05, 3.63) is 65.2 Å². The maximum absolute atomic E-state index is 13.1. The molecule has 0 aliphatic rings. The molecule has 1 unspecified atom stereocenters. The number of likely N-dealkylation sites (N-methyl/N-ethyl adjacent to an activating group) is 1. The Labute approximate surface area is 156 Å². The Morgan fingerprint density at radius 2 is 1.54 bits per heavy atom. The van der Waals surface area contributed by atoms with Crippen LogP contribution in [0.1, 0.15) is 36.6 Å². The summed E-state index contributed by atoms with van der Waals surface area (Å²) in [6, 6.07) is 14.0. The molecule has 0 aliphatic heterocycles. The molecule has 2 rings (SSSR count). The third-order valence-corrected chi connectivity index (χ3v) is 5.75. The SMILES string of the molecule is CCc1cccc(CC)c1NC(=O)C(c1ccccc1)N(C)S(C)(=O)=O. The summed E-state index contributed by atoms with van der Waals surface area (Å²) >= 11 is 0. The topological polar surface area (TPSA) is 66.5 Å². The predicted octanol–water partition coefficient (Wildman–Crippen LogP) is 3.38. The summed E-state index contributed by atoms with van der Waals surface area (Å²) in [7, 11) is -2.12. The minimum absolute atomic E-state index is 0.361. The Kier molecular flexibility index (Phi) is 6.56. The highest BCUT2D eigenvalue weighted by atomic mass is 32.2. The fourth-order valence-corrected chi connectivity index (χ4v) is 3.55. The molecule has 0 saturated heterocycles. The van der Waals surface area contributed by atoms with Gasteiger partial charge in [-0.2, -0.15) is 4.31 Å². The van der Waals surface area contributed by atoms with Gasteiger partial charge in [0.2, 0.25) is 15.9 Å². The van der Waals surface area contributed by atoms with Gasteiger partial charge in [-0.25, -0.2) is 8.42 Å². The van der Waals surface area contributed by atoms with Crippen LogP contribution in [0.15, 0.2) is 48.5 Å². The number of para-hydroxylation sites is 1. The maximum Gasteiger partial charge on any atom is 0.247 e. The van der Waals surface area contributed by atoms with Crippen molar-refractivity contribution < 1.29 is 13.2 Å². The molecule has 0 heterocycles. The lowest BCUT2D eigenvalue weighted by molar-refractivity contribution is -0.119. The van der Waals surface area contributed by atoms with Crippen LogP contribution < -0.4 is 5.32 Å². The number of carbonyl (C=O) groups excluding carboxylic acids is 1. The molecule has 0 fully saturated rings. The standard InChI is InChI=1S/C20H26N2O3S/c1-5-15-13-10-14-16(6-2)18(15)21-20(23)19(22(3)26(4,24)25)17-11-8-7-9-12-17/h7-14,19H,5-6H2,1-4H3,(H,21,23). The number of hydrogen-bond donors (Lipinski definition) is 1. The Morgan fingerprint density at radius 3 is 2.00 bits per heavy atom. The molecule has 5 nitrogen and oxygen atoms in total. The van der Waals surface area contributed by atoms with Crippen molar-refractivity contribution in [2.45, 2.75) is 32.7 Å². The molecule has 0 bridgehead atoms. The molecule has 0 spiro atoms. The molecule has 0 radical (unpaired) electrons. The van der Waals surface area contributed by atoms with Gasteiger partial charge in [0.1, 0.15) is 6.04 Å². The molecule has 140 valence electrons. The van der Waals surface area contributed by atoms with Crippen LogP contribution >= 0.6 is 0 Å². The third kappa shape index (κ3) is 4.51. The summed E-state index contributed by atoms with van der Waals surface area (Å²) in [5, 5.41) is 2.99. The van der Waals surface area contributed by atoms with E-state index in [9.17, 15) is 13.2 Å². The molecule has 2 aromatic rings. The number of benzene rings is 2. The van der Waals surface area contributed by atoms with Gasteiger partial charge in [-0.15, -0.1) is 0 Å². The van der Waals surface area contributed by atoms with Crippen molar-refractivity contribution in [2.75, 3.05) is 18.6 Å². The van der Waals surface area contributed by atoms with Gasteiger partial charge in [-0.05, 0) is 29.5 Å². The summed E-state index contributed by atoms with van der Waals surface area (Å²) in [5.41, 5.74) is 3.48. The highest BCUT2D eigenvalue weighted by Crippen LogP contribution is 2.27. The van der Waals surface area contributed by atoms with Gasteiger partial charge in [0.05, 0.1) is 6.26 Å². The molecule has 1 N–H and O–H groups in total. The van der Waals surface area contributed by atoms with Gasteiger partial charge < -0.3 is 5.32 Å². The first-order valence-corrected chi connectivity index (χ1v) is 10.5. The van der Waals surface area contributed by atoms with E-state index in [1.54, 1.807) is 24.3 Å². The highest BCUT2D eigenvalue weighted by Gasteiger charge is 2.31. The number of hydrogen-bond acceptors (Lipinski definition) is 3. The number of sulfonamides is 1. The quantitative estimate of drug-likeness (QED) is 0.808. The lowest BCUT2D eigenvalue weighted by atomic mass is 10.0. The molecule has 26 heavy (non-hydrogen) atoms. The molecule has 2 aromatic carbocycles. The number of rotatable bonds is 7. The van der Waals surface area contributed by atoms with Crippen LogP contribution in [0.2, 0.25) is 0 Å². The van der Waals surface area contributed by atoms with Crippen LogP contribution in [0.25, 0.3) is 0 Å². The van der Waals surface area contributed by atoms with Crippen molar-refractivity contribution in [3.63, 3.8) is 0 Å². The Morgan fingerprint density at radius 1 is 1.00 bits per heavy atom. The van der Waals surface area contributed by atoms with E-state index in [0.29, 0.717) is 5.56 Å². The van der Waals surface area contributed by atoms with E-state index in [1.807, 2.05) is 38.1 Å². The van der Waals surface area contributed by atoms with E-state index in [4.69, 9.17) is 0 Å². The Balaban J connectivity index is 2.46. The first-order chi connectivity index (χ1) is 12.3. The monoisotopic (exact) mass is 374 g/mol. The molecular weight excluding hydrogens is 348 g/mol. The van der Waals surface area contributed by atoms with Crippen molar-refractivity contribution in [2.24, 2.45) is 0 Å². The number of anilines is 1. The zero-order chi connectivity index (χ0) is 19.3. The number of nitrogens with zero attached hydrogens (tertiary/aromatic N) is 1. The Bertz CT molecular complexity index is 842. The number of amides is 1. The van der Waals surface area contributed by atoms with Crippen molar-refractivity contribution in [3.8, 4) is 0 Å². The average Bonchev–Trinajstić information content (AvgIpc) is 2.62. The van der Waals surface area contributed by atoms with E-state index < -0.39 is 16.1 Å². The van der Waals surface area contributed by atoms with E-state index in [0.717, 1.165) is 40.2 Å². The second-order valence-electron chi connectivity index (χ2n) is 6.24. The lowest BCUT2D eigenvalue weighted by Crippen LogP contribution is -2.38. The number of carbonyl (C=O) groups is 1. The number of aryl methyl sites for hydroxylation is 2. The van der Waals surface area contributed by atoms with E-state index in [-0.39, 0.29) is 5.91 Å². The lowest BCUT2D eigenvalue weighted by Gasteiger charge is -2.26. The normalized spacial score (nSPS) is 12.8. The molecule has 0 saturated carbocycles. The molecule has 6 heteroatoms. The van der Waals surface area contributed by atoms with Crippen molar-refractivity contribution in [1.29, 1.82) is 0 Å². The van der Waals surface area contributed by atoms with Gasteiger partial charge >= 0.3 is 0 Å². The average molecular weight is 375 g/mol. The Hall–Kier alpha value is -2.18. The first-order valence-electron chi connectivity index (χ1n) is 8.69. The summed E-state index contributed by atoms with van der Waals surface area (Å²) in [4.78, 5) is 13.1. The van der Waals surface area contributed by atoms with E-state index in [2.05, 4.69) is 5.32 Å². The summed E-state index contributed by atoms with van der Waals surface area (Å²) in [6.07, 6.45) is 2.66. The highest BCUT2D eigenvalue weighted by molar-refractivity contribution is 7.88. The minimum Gasteiger partial charge on any atom is -0.324 e.